The number of rotatable bonds is 5. The van der Waals surface area contributed by atoms with Crippen molar-refractivity contribution in [2.45, 2.75) is 32.7 Å². The highest BCUT2D eigenvalue weighted by atomic mass is 16.5. The Bertz CT molecular complexity index is 400. The van der Waals surface area contributed by atoms with Gasteiger partial charge in [0.1, 0.15) is 5.75 Å². The molecule has 0 heterocycles. The van der Waals surface area contributed by atoms with Crippen molar-refractivity contribution in [3.63, 3.8) is 0 Å². The molecule has 1 aromatic rings. The summed E-state index contributed by atoms with van der Waals surface area (Å²) in [5, 5.41) is 0. The van der Waals surface area contributed by atoms with Crippen molar-refractivity contribution < 1.29 is 4.74 Å². The Hall–Kier alpha value is -1.06. The van der Waals surface area contributed by atoms with Gasteiger partial charge in [-0.2, -0.15) is 0 Å². The molecule has 0 aromatic heterocycles. The van der Waals surface area contributed by atoms with Gasteiger partial charge < -0.3 is 15.4 Å². The van der Waals surface area contributed by atoms with Gasteiger partial charge in [0.15, 0.2) is 0 Å². The lowest BCUT2D eigenvalue weighted by Gasteiger charge is -2.26. The molecule has 0 saturated carbocycles. The van der Waals surface area contributed by atoms with Crippen molar-refractivity contribution in [3.8, 4) is 5.75 Å². The van der Waals surface area contributed by atoms with Crippen molar-refractivity contribution in [1.82, 2.24) is 4.90 Å². The highest BCUT2D eigenvalue weighted by Gasteiger charge is 2.18. The summed E-state index contributed by atoms with van der Waals surface area (Å²) in [6.07, 6.45) is 0. The van der Waals surface area contributed by atoms with E-state index in [9.17, 15) is 0 Å². The van der Waals surface area contributed by atoms with E-state index in [0.717, 1.165) is 5.75 Å². The average Bonchev–Trinajstić information content (AvgIpc) is 2.30. The molecule has 0 aliphatic rings. The van der Waals surface area contributed by atoms with Crippen molar-refractivity contribution in [1.29, 1.82) is 0 Å². The van der Waals surface area contributed by atoms with E-state index in [1.165, 1.54) is 16.7 Å². The second-order valence-corrected chi connectivity index (χ2v) is 5.32. The lowest BCUT2D eigenvalue weighted by Crippen LogP contribution is -2.28. The van der Waals surface area contributed by atoms with Crippen LogP contribution in [-0.2, 0) is 0 Å². The van der Waals surface area contributed by atoms with E-state index in [-0.39, 0.29) is 6.04 Å². The lowest BCUT2D eigenvalue weighted by atomic mass is 9.92. The molecule has 0 spiro atoms. The van der Waals surface area contributed by atoms with E-state index in [4.69, 9.17) is 10.5 Å². The van der Waals surface area contributed by atoms with Crippen LogP contribution >= 0.6 is 0 Å². The fourth-order valence-electron chi connectivity index (χ4n) is 2.32. The quantitative estimate of drug-likeness (QED) is 0.873. The molecule has 0 fully saturated rings. The Balaban J connectivity index is 3.32. The first-order valence-electron chi connectivity index (χ1n) is 6.47. The highest BCUT2D eigenvalue weighted by Crippen LogP contribution is 2.32. The lowest BCUT2D eigenvalue weighted by molar-refractivity contribution is 0.304. The first-order chi connectivity index (χ1) is 8.42. The molecule has 18 heavy (non-hydrogen) atoms. The molecule has 0 amide bonds. The number of likely N-dealkylation sites (N-methyl/N-ethyl adjacent to an activating group) is 1. The van der Waals surface area contributed by atoms with E-state index in [0.29, 0.717) is 12.5 Å². The summed E-state index contributed by atoms with van der Waals surface area (Å²) in [7, 11) is 5.86. The summed E-state index contributed by atoms with van der Waals surface area (Å²) >= 11 is 0. The van der Waals surface area contributed by atoms with Gasteiger partial charge in [-0.15, -0.1) is 0 Å². The summed E-state index contributed by atoms with van der Waals surface area (Å²) in [4.78, 5) is 2.17. The van der Waals surface area contributed by atoms with Gasteiger partial charge >= 0.3 is 0 Å². The Morgan fingerprint density at radius 3 is 2.22 bits per heavy atom. The molecule has 1 rings (SSSR count). The van der Waals surface area contributed by atoms with Crippen LogP contribution in [-0.4, -0.2) is 32.6 Å². The number of benzene rings is 1. The molecule has 3 nitrogen and oxygen atoms in total. The Labute approximate surface area is 111 Å². The number of nitrogens with two attached hydrogens (primary N) is 1. The van der Waals surface area contributed by atoms with E-state index in [2.05, 4.69) is 51.9 Å². The van der Waals surface area contributed by atoms with Crippen LogP contribution in [0.15, 0.2) is 12.1 Å². The maximum absolute atomic E-state index is 5.90. The number of nitrogens with zero attached hydrogens (tertiary/aromatic N) is 1. The van der Waals surface area contributed by atoms with Gasteiger partial charge in [0.05, 0.1) is 7.11 Å². The van der Waals surface area contributed by atoms with Crippen molar-refractivity contribution in [2.75, 3.05) is 27.7 Å². The van der Waals surface area contributed by atoms with E-state index >= 15 is 0 Å². The molecule has 1 aromatic carbocycles. The van der Waals surface area contributed by atoms with Crippen LogP contribution in [0.2, 0.25) is 0 Å². The number of methoxy groups -OCH3 is 1. The summed E-state index contributed by atoms with van der Waals surface area (Å²) in [5.41, 5.74) is 9.68. The zero-order valence-corrected chi connectivity index (χ0v) is 12.4. The van der Waals surface area contributed by atoms with Gasteiger partial charge in [-0.1, -0.05) is 13.8 Å². The minimum absolute atomic E-state index is 0.258. The van der Waals surface area contributed by atoms with Crippen LogP contribution in [0.3, 0.4) is 0 Å². The molecular weight excluding hydrogens is 224 g/mol. The molecule has 1 atom stereocenters. The number of hydrogen-bond donors (Lipinski definition) is 1. The van der Waals surface area contributed by atoms with Crippen molar-refractivity contribution in [3.05, 3.63) is 28.8 Å². The smallest absolute Gasteiger partial charge is 0.122 e. The molecule has 0 saturated heterocycles. The molecule has 2 N–H and O–H groups in total. The Morgan fingerprint density at radius 1 is 1.22 bits per heavy atom. The molecular formula is C15H26N2O. The first kappa shape index (κ1) is 15.0. The summed E-state index contributed by atoms with van der Waals surface area (Å²) < 4.78 is 5.47. The Kier molecular flexibility index (Phi) is 5.17. The summed E-state index contributed by atoms with van der Waals surface area (Å²) in [6, 6.07) is 4.63. The highest BCUT2D eigenvalue weighted by molar-refractivity contribution is 5.45. The molecule has 3 heteroatoms. The first-order valence-corrected chi connectivity index (χ1v) is 6.47. The Morgan fingerprint density at radius 2 is 1.83 bits per heavy atom. The summed E-state index contributed by atoms with van der Waals surface area (Å²) in [5.74, 6) is 1.42. The molecule has 102 valence electrons. The number of ether oxygens (including phenoxy) is 1. The van der Waals surface area contributed by atoms with Gasteiger partial charge in [0.2, 0.25) is 0 Å². The van der Waals surface area contributed by atoms with E-state index < -0.39 is 0 Å². The third-order valence-corrected chi connectivity index (χ3v) is 3.45. The zero-order chi connectivity index (χ0) is 13.9. The van der Waals surface area contributed by atoms with Crippen molar-refractivity contribution in [2.24, 2.45) is 5.73 Å². The zero-order valence-electron chi connectivity index (χ0n) is 12.4. The second kappa shape index (κ2) is 6.21. The standard InChI is InChI=1S/C15H26N2O/c1-10(2)12-8-13(14(9-16)17(4)5)11(3)7-15(12)18-6/h7-8,10,14H,9,16H2,1-6H3. The monoisotopic (exact) mass is 250 g/mol. The van der Waals surface area contributed by atoms with Crippen LogP contribution in [0.5, 0.6) is 5.75 Å². The largest absolute Gasteiger partial charge is 0.496 e. The van der Waals surface area contributed by atoms with Crippen LogP contribution in [0.4, 0.5) is 0 Å². The van der Waals surface area contributed by atoms with Gasteiger partial charge in [0.25, 0.3) is 0 Å². The van der Waals surface area contributed by atoms with Gasteiger partial charge in [-0.25, -0.2) is 0 Å². The van der Waals surface area contributed by atoms with Crippen LogP contribution in [0.1, 0.15) is 42.5 Å². The van der Waals surface area contributed by atoms with E-state index in [1.807, 2.05) is 0 Å². The number of hydrogen-bond acceptors (Lipinski definition) is 3. The second-order valence-electron chi connectivity index (χ2n) is 5.32. The SMILES string of the molecule is COc1cc(C)c(C(CN)N(C)C)cc1C(C)C. The molecule has 0 aliphatic heterocycles. The number of aryl methyl sites for hydroxylation is 1. The van der Waals surface area contributed by atoms with Gasteiger partial charge in [0, 0.05) is 12.6 Å². The predicted octanol–water partition coefficient (Wildman–Crippen LogP) is 2.69. The molecule has 0 aliphatic carbocycles. The van der Waals surface area contributed by atoms with Crippen LogP contribution < -0.4 is 10.5 Å². The van der Waals surface area contributed by atoms with Crippen molar-refractivity contribution >= 4 is 0 Å². The van der Waals surface area contributed by atoms with E-state index in [1.54, 1.807) is 7.11 Å². The van der Waals surface area contributed by atoms with Gasteiger partial charge in [-0.05, 0) is 55.8 Å². The molecule has 0 bridgehead atoms. The third-order valence-electron chi connectivity index (χ3n) is 3.45. The third kappa shape index (κ3) is 3.03. The minimum atomic E-state index is 0.258. The maximum Gasteiger partial charge on any atom is 0.122 e. The molecule has 0 radical (unpaired) electrons. The maximum atomic E-state index is 5.90. The minimum Gasteiger partial charge on any atom is -0.496 e. The fraction of sp³-hybridized carbons (Fsp3) is 0.600. The summed E-state index contributed by atoms with van der Waals surface area (Å²) in [6.45, 7) is 7.11. The van der Waals surface area contributed by atoms with Crippen LogP contribution in [0.25, 0.3) is 0 Å². The topological polar surface area (TPSA) is 38.5 Å². The predicted molar refractivity (Wildman–Crippen MR) is 77.3 cm³/mol. The normalized spacial score (nSPS) is 13.2. The molecule has 1 unspecified atom stereocenters. The van der Waals surface area contributed by atoms with Gasteiger partial charge in [-0.3, -0.25) is 0 Å². The fourth-order valence-corrected chi connectivity index (χ4v) is 2.32. The van der Waals surface area contributed by atoms with Crippen LogP contribution in [0, 0.1) is 6.92 Å². The average molecular weight is 250 g/mol.